The van der Waals surface area contributed by atoms with Crippen molar-refractivity contribution in [3.8, 4) is 0 Å². The molecule has 1 aliphatic rings. The smallest absolute Gasteiger partial charge is 0.326 e. The zero-order chi connectivity index (χ0) is 19.8. The summed E-state index contributed by atoms with van der Waals surface area (Å²) in [6.45, 7) is 3.61. The van der Waals surface area contributed by atoms with Crippen LogP contribution in [0.5, 0.6) is 0 Å². The number of carbonyl (C=O) groups is 1. The highest BCUT2D eigenvalue weighted by Crippen LogP contribution is 2.48. The molecule has 8 nitrogen and oxygen atoms in total. The third-order valence-corrected chi connectivity index (χ3v) is 6.20. The van der Waals surface area contributed by atoms with Crippen LogP contribution >= 0.6 is 0 Å². The topological polar surface area (TPSA) is 107 Å². The minimum absolute atomic E-state index is 0.0758. The summed E-state index contributed by atoms with van der Waals surface area (Å²) in [6.07, 6.45) is 0. The Hall–Kier alpha value is -2.78. The van der Waals surface area contributed by atoms with E-state index in [0.717, 1.165) is 9.87 Å². The maximum atomic E-state index is 13.0. The maximum Gasteiger partial charge on any atom is 0.326 e. The maximum absolute atomic E-state index is 13.0. The summed E-state index contributed by atoms with van der Waals surface area (Å²) in [4.78, 5) is 22.6. The van der Waals surface area contributed by atoms with Gasteiger partial charge in [0.05, 0.1) is 22.5 Å². The number of carbonyl (C=O) groups excluding carboxylic acids is 1. The molecular weight excluding hydrogens is 372 g/mol. The van der Waals surface area contributed by atoms with Gasteiger partial charge in [-0.3, -0.25) is 14.9 Å². The van der Waals surface area contributed by atoms with Crippen LogP contribution in [0.3, 0.4) is 0 Å². The molecule has 3 rings (SSSR count). The highest BCUT2D eigenvalue weighted by Gasteiger charge is 2.61. The number of esters is 1. The molecule has 3 atom stereocenters. The first-order chi connectivity index (χ1) is 12.8. The molecule has 1 heterocycles. The van der Waals surface area contributed by atoms with Gasteiger partial charge in [0.25, 0.3) is 5.69 Å². The molecule has 0 aliphatic carbocycles. The van der Waals surface area contributed by atoms with Crippen molar-refractivity contribution >= 4 is 21.7 Å². The molecular formula is C18H18N2O6S. The van der Waals surface area contributed by atoms with E-state index in [4.69, 9.17) is 4.74 Å². The van der Waals surface area contributed by atoms with Crippen LogP contribution < -0.4 is 0 Å². The highest BCUT2D eigenvalue weighted by molar-refractivity contribution is 7.89. The van der Waals surface area contributed by atoms with Gasteiger partial charge in [-0.2, -0.15) is 4.31 Å². The zero-order valence-corrected chi connectivity index (χ0v) is 15.5. The molecule has 142 valence electrons. The molecule has 0 saturated carbocycles. The summed E-state index contributed by atoms with van der Waals surface area (Å²) in [5.74, 6) is -0.642. The Bertz CT molecular complexity index is 970. The molecule has 1 fully saturated rings. The number of ether oxygens (including phenoxy) is 1. The molecule has 0 spiro atoms. The first kappa shape index (κ1) is 19.0. The van der Waals surface area contributed by atoms with Crippen molar-refractivity contribution in [2.24, 2.45) is 0 Å². The number of nitro benzene ring substituents is 1. The van der Waals surface area contributed by atoms with Crippen molar-refractivity contribution in [3.05, 3.63) is 69.8 Å². The van der Waals surface area contributed by atoms with Crippen molar-refractivity contribution in [2.45, 2.75) is 30.8 Å². The third kappa shape index (κ3) is 3.56. The fraction of sp³-hybridized carbons (Fsp3) is 0.278. The Balaban J connectivity index is 1.97. The summed E-state index contributed by atoms with van der Waals surface area (Å²) >= 11 is 0. The number of rotatable bonds is 6. The predicted octanol–water partition coefficient (Wildman–Crippen LogP) is 2.58. The fourth-order valence-corrected chi connectivity index (χ4v) is 4.63. The van der Waals surface area contributed by atoms with Gasteiger partial charge >= 0.3 is 5.97 Å². The summed E-state index contributed by atoms with van der Waals surface area (Å²) in [5.41, 5.74) is 1.29. The van der Waals surface area contributed by atoms with Crippen LogP contribution in [0.15, 0.2) is 53.4 Å². The zero-order valence-electron chi connectivity index (χ0n) is 14.7. The largest absolute Gasteiger partial charge is 0.465 e. The second-order valence-electron chi connectivity index (χ2n) is 6.14. The molecule has 9 heteroatoms. The lowest BCUT2D eigenvalue weighted by Gasteiger charge is -2.07. The Labute approximate surface area is 156 Å². The summed E-state index contributed by atoms with van der Waals surface area (Å²) in [7, 11) is -3.92. The molecule has 0 radical (unpaired) electrons. The van der Waals surface area contributed by atoms with Gasteiger partial charge in [-0.05, 0) is 31.5 Å². The summed E-state index contributed by atoms with van der Waals surface area (Å²) in [6, 6.07) is 10.1. The van der Waals surface area contributed by atoms with E-state index in [9.17, 15) is 23.3 Å². The van der Waals surface area contributed by atoms with Crippen LogP contribution in [0, 0.1) is 17.0 Å². The van der Waals surface area contributed by atoms with Crippen molar-refractivity contribution in [2.75, 3.05) is 6.61 Å². The Morgan fingerprint density at radius 3 is 2.26 bits per heavy atom. The lowest BCUT2D eigenvalue weighted by Crippen LogP contribution is -2.21. The van der Waals surface area contributed by atoms with Crippen LogP contribution in [-0.4, -0.2) is 36.3 Å². The molecule has 0 N–H and O–H groups in total. The SMILES string of the molecule is CCOC(=O)[C@@H]1[C@H](c2ccc([N+](=O)[O-])cc2)N1S(=O)(=O)c1ccc(C)cc1. The second-order valence-corrected chi connectivity index (χ2v) is 7.98. The van der Waals surface area contributed by atoms with Crippen LogP contribution in [0.1, 0.15) is 24.1 Å². The summed E-state index contributed by atoms with van der Waals surface area (Å²) in [5, 5.41) is 10.8. The van der Waals surface area contributed by atoms with E-state index < -0.39 is 33.0 Å². The van der Waals surface area contributed by atoms with Gasteiger partial charge in [-0.25, -0.2) is 8.42 Å². The number of sulfonamides is 1. The average Bonchev–Trinajstić information content (AvgIpc) is 3.39. The van der Waals surface area contributed by atoms with Crippen molar-refractivity contribution < 1.29 is 22.9 Å². The lowest BCUT2D eigenvalue weighted by molar-refractivity contribution is -0.384. The molecule has 0 aromatic heterocycles. The van der Waals surface area contributed by atoms with E-state index >= 15 is 0 Å². The monoisotopic (exact) mass is 390 g/mol. The number of benzene rings is 2. The van der Waals surface area contributed by atoms with E-state index in [1.807, 2.05) is 6.92 Å². The van der Waals surface area contributed by atoms with Crippen molar-refractivity contribution in [3.63, 3.8) is 0 Å². The minimum atomic E-state index is -3.92. The summed E-state index contributed by atoms with van der Waals surface area (Å²) < 4.78 is 32.1. The van der Waals surface area contributed by atoms with Gasteiger partial charge in [0, 0.05) is 12.1 Å². The van der Waals surface area contributed by atoms with Gasteiger partial charge in [-0.15, -0.1) is 0 Å². The van der Waals surface area contributed by atoms with E-state index in [0.29, 0.717) is 5.56 Å². The second kappa shape index (κ2) is 7.09. The quantitative estimate of drug-likeness (QED) is 0.325. The standard InChI is InChI=1S/C18H18N2O6S/c1-3-26-18(21)17-16(13-6-8-14(9-7-13)20(22)23)19(17)27(24,25)15-10-4-12(2)5-11-15/h4-11,16-17H,3H2,1-2H3/t16-,17-,19?/m0/s1. The molecule has 27 heavy (non-hydrogen) atoms. The van der Waals surface area contributed by atoms with E-state index in [2.05, 4.69) is 0 Å². The van der Waals surface area contributed by atoms with Gasteiger partial charge in [0.1, 0.15) is 6.04 Å². The van der Waals surface area contributed by atoms with Crippen LogP contribution in [0.2, 0.25) is 0 Å². The van der Waals surface area contributed by atoms with E-state index in [1.54, 1.807) is 19.1 Å². The molecule has 1 aliphatic heterocycles. The first-order valence-corrected chi connectivity index (χ1v) is 9.72. The first-order valence-electron chi connectivity index (χ1n) is 8.28. The molecule has 1 saturated heterocycles. The number of hydrogen-bond donors (Lipinski definition) is 0. The predicted molar refractivity (Wildman–Crippen MR) is 96.5 cm³/mol. The van der Waals surface area contributed by atoms with Gasteiger partial charge in [0.2, 0.25) is 10.0 Å². The van der Waals surface area contributed by atoms with Crippen molar-refractivity contribution in [1.82, 2.24) is 4.31 Å². The van der Waals surface area contributed by atoms with Crippen LogP contribution in [-0.2, 0) is 19.6 Å². The Morgan fingerprint density at radius 2 is 1.74 bits per heavy atom. The fourth-order valence-electron chi connectivity index (χ4n) is 2.93. The number of nitrogens with zero attached hydrogens (tertiary/aromatic N) is 2. The molecule has 2 aromatic rings. The normalized spacial score (nSPS) is 21.5. The Morgan fingerprint density at radius 1 is 1.15 bits per heavy atom. The van der Waals surface area contributed by atoms with Crippen molar-refractivity contribution in [1.29, 1.82) is 0 Å². The average molecular weight is 390 g/mol. The van der Waals surface area contributed by atoms with Gasteiger partial charge in [0.15, 0.2) is 0 Å². The number of nitro groups is 1. The number of aryl methyl sites for hydroxylation is 1. The number of non-ortho nitro benzene ring substituents is 1. The van der Waals surface area contributed by atoms with Gasteiger partial charge in [-0.1, -0.05) is 29.8 Å². The minimum Gasteiger partial charge on any atom is -0.465 e. The molecule has 0 bridgehead atoms. The third-order valence-electron chi connectivity index (χ3n) is 4.33. The van der Waals surface area contributed by atoms with Crippen LogP contribution in [0.25, 0.3) is 0 Å². The molecule has 0 amide bonds. The molecule has 1 unspecified atom stereocenters. The lowest BCUT2D eigenvalue weighted by atomic mass is 10.1. The molecule has 2 aromatic carbocycles. The number of hydrogen-bond acceptors (Lipinski definition) is 6. The van der Waals surface area contributed by atoms with Crippen LogP contribution in [0.4, 0.5) is 5.69 Å². The van der Waals surface area contributed by atoms with E-state index in [1.165, 1.54) is 36.4 Å². The van der Waals surface area contributed by atoms with E-state index in [-0.39, 0.29) is 17.2 Å². The highest BCUT2D eigenvalue weighted by atomic mass is 32.2. The van der Waals surface area contributed by atoms with Gasteiger partial charge < -0.3 is 4.74 Å². The Kier molecular flexibility index (Phi) is 4.99.